The highest BCUT2D eigenvalue weighted by Crippen LogP contribution is 2.39. The van der Waals surface area contributed by atoms with E-state index < -0.39 is 0 Å². The predicted octanol–water partition coefficient (Wildman–Crippen LogP) is 6.23. The molecule has 0 radical (unpaired) electrons. The second kappa shape index (κ2) is 6.93. The van der Waals surface area contributed by atoms with Gasteiger partial charge in [-0.3, -0.25) is 4.79 Å². The molecule has 1 heteroatoms. The van der Waals surface area contributed by atoms with Gasteiger partial charge in [-0.1, -0.05) is 74.2 Å². The number of rotatable bonds is 4. The van der Waals surface area contributed by atoms with Gasteiger partial charge in [0.1, 0.15) is 0 Å². The molecule has 24 heavy (non-hydrogen) atoms. The van der Waals surface area contributed by atoms with Gasteiger partial charge in [-0.2, -0.15) is 0 Å². The average molecular weight is 318 g/mol. The van der Waals surface area contributed by atoms with Crippen molar-refractivity contribution >= 4 is 5.78 Å². The largest absolute Gasteiger partial charge is 0.289 e. The summed E-state index contributed by atoms with van der Waals surface area (Å²) in [6.45, 7) is 0. The molecule has 2 aliphatic rings. The van der Waals surface area contributed by atoms with Crippen LogP contribution in [0.3, 0.4) is 0 Å². The molecule has 2 saturated carbocycles. The van der Waals surface area contributed by atoms with Gasteiger partial charge in [0.2, 0.25) is 0 Å². The minimum absolute atomic E-state index is 0.236. The molecule has 0 unspecified atom stereocenters. The van der Waals surface area contributed by atoms with Gasteiger partial charge in [-0.05, 0) is 48.6 Å². The maximum atomic E-state index is 13.4. The lowest BCUT2D eigenvalue weighted by Gasteiger charge is -2.18. The summed E-state index contributed by atoms with van der Waals surface area (Å²) in [4.78, 5) is 13.4. The van der Waals surface area contributed by atoms with E-state index >= 15 is 0 Å². The molecule has 0 atom stereocenters. The molecule has 0 spiro atoms. The van der Waals surface area contributed by atoms with Crippen LogP contribution in [0.4, 0.5) is 0 Å². The van der Waals surface area contributed by atoms with Crippen LogP contribution in [0.5, 0.6) is 0 Å². The molecular formula is C23H26O. The van der Waals surface area contributed by atoms with Gasteiger partial charge in [0.25, 0.3) is 0 Å². The second-order valence-corrected chi connectivity index (χ2v) is 7.47. The Labute approximate surface area is 145 Å². The highest BCUT2D eigenvalue weighted by atomic mass is 16.1. The third-order valence-corrected chi connectivity index (χ3v) is 6.00. The van der Waals surface area contributed by atoms with E-state index in [0.29, 0.717) is 11.8 Å². The molecule has 0 heterocycles. The molecule has 0 amide bonds. The fraction of sp³-hybridized carbons (Fsp3) is 0.435. The molecule has 0 bridgehead atoms. The van der Waals surface area contributed by atoms with E-state index in [2.05, 4.69) is 24.3 Å². The van der Waals surface area contributed by atoms with E-state index in [9.17, 15) is 4.79 Å². The van der Waals surface area contributed by atoms with E-state index in [0.717, 1.165) is 11.1 Å². The molecule has 2 aliphatic carbocycles. The number of hydrogen-bond acceptors (Lipinski definition) is 1. The maximum absolute atomic E-state index is 13.4. The molecule has 0 aliphatic heterocycles. The number of benzene rings is 2. The molecule has 1 nitrogen and oxygen atoms in total. The van der Waals surface area contributed by atoms with E-state index in [1.165, 1.54) is 62.5 Å². The Morgan fingerprint density at radius 1 is 0.625 bits per heavy atom. The Balaban J connectivity index is 1.72. The zero-order valence-corrected chi connectivity index (χ0v) is 14.3. The number of hydrogen-bond donors (Lipinski definition) is 0. The van der Waals surface area contributed by atoms with Crippen molar-refractivity contribution in [1.82, 2.24) is 0 Å². The topological polar surface area (TPSA) is 17.1 Å². The molecule has 124 valence electrons. The van der Waals surface area contributed by atoms with Crippen LogP contribution < -0.4 is 0 Å². The van der Waals surface area contributed by atoms with E-state index in [1.807, 2.05) is 24.3 Å². The van der Waals surface area contributed by atoms with Crippen LogP contribution in [0.2, 0.25) is 0 Å². The van der Waals surface area contributed by atoms with Gasteiger partial charge < -0.3 is 0 Å². The van der Waals surface area contributed by atoms with E-state index in [-0.39, 0.29) is 5.78 Å². The first-order valence-corrected chi connectivity index (χ1v) is 9.57. The van der Waals surface area contributed by atoms with Crippen molar-refractivity contribution in [3.8, 4) is 0 Å². The quantitative estimate of drug-likeness (QED) is 0.610. The second-order valence-electron chi connectivity index (χ2n) is 7.47. The lowest BCUT2D eigenvalue weighted by Crippen LogP contribution is -2.11. The van der Waals surface area contributed by atoms with Crippen molar-refractivity contribution in [2.24, 2.45) is 0 Å². The summed E-state index contributed by atoms with van der Waals surface area (Å²) in [6, 6.07) is 16.7. The number of carbonyl (C=O) groups is 1. The Kier molecular flexibility index (Phi) is 4.51. The Morgan fingerprint density at radius 2 is 1.00 bits per heavy atom. The fourth-order valence-corrected chi connectivity index (χ4v) is 4.74. The smallest absolute Gasteiger partial charge is 0.193 e. The highest BCUT2D eigenvalue weighted by molar-refractivity contribution is 6.11. The maximum Gasteiger partial charge on any atom is 0.193 e. The average Bonchev–Trinajstić information content (AvgIpc) is 3.35. The first-order valence-electron chi connectivity index (χ1n) is 9.57. The van der Waals surface area contributed by atoms with Gasteiger partial charge in [0.05, 0.1) is 0 Å². The van der Waals surface area contributed by atoms with Crippen molar-refractivity contribution in [1.29, 1.82) is 0 Å². The van der Waals surface area contributed by atoms with Crippen LogP contribution in [0.15, 0.2) is 48.5 Å². The summed E-state index contributed by atoms with van der Waals surface area (Å²) in [6.07, 6.45) is 10.1. The first-order chi connectivity index (χ1) is 11.8. The molecular weight excluding hydrogens is 292 g/mol. The Hall–Kier alpha value is -1.89. The van der Waals surface area contributed by atoms with Gasteiger partial charge in [-0.15, -0.1) is 0 Å². The normalized spacial score (nSPS) is 19.0. The van der Waals surface area contributed by atoms with Crippen molar-refractivity contribution in [3.63, 3.8) is 0 Å². The van der Waals surface area contributed by atoms with Gasteiger partial charge in [0, 0.05) is 11.1 Å². The van der Waals surface area contributed by atoms with Crippen molar-refractivity contribution in [2.75, 3.05) is 0 Å². The van der Waals surface area contributed by atoms with E-state index in [4.69, 9.17) is 0 Å². The van der Waals surface area contributed by atoms with Crippen LogP contribution in [0, 0.1) is 0 Å². The van der Waals surface area contributed by atoms with Crippen molar-refractivity contribution < 1.29 is 4.79 Å². The molecule has 2 aromatic rings. The number of ketones is 1. The van der Waals surface area contributed by atoms with Gasteiger partial charge >= 0.3 is 0 Å². The number of carbonyl (C=O) groups excluding carboxylic acids is 1. The zero-order valence-electron chi connectivity index (χ0n) is 14.3. The Bertz CT molecular complexity index is 657. The molecule has 0 N–H and O–H groups in total. The molecule has 0 aromatic heterocycles. The van der Waals surface area contributed by atoms with Crippen molar-refractivity contribution in [3.05, 3.63) is 70.8 Å². The van der Waals surface area contributed by atoms with Gasteiger partial charge in [0.15, 0.2) is 5.78 Å². The third kappa shape index (κ3) is 2.92. The summed E-state index contributed by atoms with van der Waals surface area (Å²) in [5.41, 5.74) is 4.44. The minimum Gasteiger partial charge on any atom is -0.289 e. The summed E-state index contributed by atoms with van der Waals surface area (Å²) in [5.74, 6) is 1.38. The zero-order chi connectivity index (χ0) is 16.4. The molecule has 4 rings (SSSR count). The first kappa shape index (κ1) is 15.6. The van der Waals surface area contributed by atoms with Crippen LogP contribution in [-0.4, -0.2) is 5.78 Å². The minimum atomic E-state index is 0.236. The molecule has 2 fully saturated rings. The highest BCUT2D eigenvalue weighted by Gasteiger charge is 2.26. The van der Waals surface area contributed by atoms with E-state index in [1.54, 1.807) is 0 Å². The lowest BCUT2D eigenvalue weighted by atomic mass is 9.85. The third-order valence-electron chi connectivity index (χ3n) is 6.00. The van der Waals surface area contributed by atoms with Crippen LogP contribution >= 0.6 is 0 Å². The Morgan fingerprint density at radius 3 is 1.42 bits per heavy atom. The monoisotopic (exact) mass is 318 g/mol. The predicted molar refractivity (Wildman–Crippen MR) is 98.7 cm³/mol. The summed E-state index contributed by atoms with van der Waals surface area (Å²) < 4.78 is 0. The molecule has 2 aromatic carbocycles. The standard InChI is InChI=1S/C23H26O/c24-23(21-15-7-5-13-19(21)17-9-1-2-10-17)22-16-8-6-14-20(22)18-11-3-4-12-18/h5-8,13-18H,1-4,9-12H2. The summed E-state index contributed by atoms with van der Waals surface area (Å²) in [7, 11) is 0. The lowest BCUT2D eigenvalue weighted by molar-refractivity contribution is 0.103. The van der Waals surface area contributed by atoms with Crippen LogP contribution in [0.25, 0.3) is 0 Å². The molecule has 0 saturated heterocycles. The summed E-state index contributed by atoms with van der Waals surface area (Å²) >= 11 is 0. The summed E-state index contributed by atoms with van der Waals surface area (Å²) in [5, 5.41) is 0. The fourth-order valence-electron chi connectivity index (χ4n) is 4.74. The SMILES string of the molecule is O=C(c1ccccc1C1CCCC1)c1ccccc1C1CCCC1. The van der Waals surface area contributed by atoms with Crippen LogP contribution in [-0.2, 0) is 0 Å². The van der Waals surface area contributed by atoms with Gasteiger partial charge in [-0.25, -0.2) is 0 Å². The van der Waals surface area contributed by atoms with Crippen molar-refractivity contribution in [2.45, 2.75) is 63.2 Å². The van der Waals surface area contributed by atoms with Crippen LogP contribution in [0.1, 0.15) is 90.3 Å².